The van der Waals surface area contributed by atoms with Crippen LogP contribution < -0.4 is 16.4 Å². The smallest absolute Gasteiger partial charge is 0.305 e. The highest BCUT2D eigenvalue weighted by atomic mass is 16.4. The molecule has 194 valence electrons. The van der Waals surface area contributed by atoms with Crippen LogP contribution in [0.2, 0.25) is 0 Å². The monoisotopic (exact) mass is 479 g/mol. The van der Waals surface area contributed by atoms with Gasteiger partial charge in [-0.3, -0.25) is 20.3 Å². The molecule has 0 aliphatic rings. The lowest BCUT2D eigenvalue weighted by atomic mass is 10.1. The Balaban J connectivity index is 4.56. The third-order valence-electron chi connectivity index (χ3n) is 5.01. The molecule has 0 bridgehead atoms. The molecule has 0 radical (unpaired) electrons. The van der Waals surface area contributed by atoms with Gasteiger partial charge in [0.2, 0.25) is 5.91 Å². The Morgan fingerprint density at radius 3 is 2.44 bits per heavy atom. The summed E-state index contributed by atoms with van der Waals surface area (Å²) in [4.78, 5) is 25.8. The molecule has 0 aliphatic heterocycles. The fraction of sp³-hybridized carbons (Fsp3) is 0.640. The zero-order valence-electron chi connectivity index (χ0n) is 21.3. The molecule has 1 unspecified atom stereocenters. The number of nitrogens with two attached hydrogens (primary N) is 1. The Morgan fingerprint density at radius 2 is 1.88 bits per heavy atom. The van der Waals surface area contributed by atoms with E-state index in [0.717, 1.165) is 25.8 Å². The van der Waals surface area contributed by atoms with Crippen molar-refractivity contribution in [1.29, 1.82) is 5.41 Å². The quantitative estimate of drug-likeness (QED) is 0.0547. The summed E-state index contributed by atoms with van der Waals surface area (Å²) < 4.78 is 0. The first-order valence-electron chi connectivity index (χ1n) is 12.0. The van der Waals surface area contributed by atoms with Gasteiger partial charge >= 0.3 is 5.97 Å². The number of carboxylic acids is 1. The topological polar surface area (TPSA) is 152 Å². The van der Waals surface area contributed by atoms with Crippen LogP contribution in [0.3, 0.4) is 0 Å². The number of carbonyl (C=O) groups is 2. The van der Waals surface area contributed by atoms with Crippen molar-refractivity contribution >= 4 is 17.7 Å². The Hall–Kier alpha value is -2.49. The maximum Gasteiger partial charge on any atom is 0.305 e. The summed E-state index contributed by atoms with van der Waals surface area (Å²) >= 11 is 0. The molecule has 0 saturated heterocycles. The predicted molar refractivity (Wildman–Crippen MR) is 138 cm³/mol. The summed E-state index contributed by atoms with van der Waals surface area (Å²) in [6, 6.07) is -0.813. The van der Waals surface area contributed by atoms with Crippen LogP contribution in [0.5, 0.6) is 0 Å². The number of aliphatic hydroxyl groups excluding tert-OH is 1. The van der Waals surface area contributed by atoms with E-state index < -0.39 is 12.0 Å². The minimum Gasteiger partial charge on any atom is -0.481 e. The number of allylic oxidation sites excluding steroid dienone is 4. The summed E-state index contributed by atoms with van der Waals surface area (Å²) in [6.45, 7) is 9.91. The van der Waals surface area contributed by atoms with E-state index in [1.165, 1.54) is 5.57 Å². The van der Waals surface area contributed by atoms with Crippen LogP contribution in [0.1, 0.15) is 59.8 Å². The largest absolute Gasteiger partial charge is 0.481 e. The zero-order valence-corrected chi connectivity index (χ0v) is 21.3. The Labute approximate surface area is 204 Å². The van der Waals surface area contributed by atoms with Crippen molar-refractivity contribution in [1.82, 2.24) is 15.5 Å². The van der Waals surface area contributed by atoms with Crippen LogP contribution in [-0.4, -0.2) is 71.8 Å². The molecule has 0 fully saturated rings. The zero-order chi connectivity index (χ0) is 25.9. The van der Waals surface area contributed by atoms with Gasteiger partial charge < -0.3 is 26.2 Å². The molecule has 0 aromatic rings. The molecular weight excluding hydrogens is 434 g/mol. The van der Waals surface area contributed by atoms with Gasteiger partial charge in [0.1, 0.15) is 5.84 Å². The van der Waals surface area contributed by atoms with Gasteiger partial charge in [-0.15, -0.1) is 0 Å². The van der Waals surface area contributed by atoms with Gasteiger partial charge in [-0.1, -0.05) is 43.7 Å². The summed E-state index contributed by atoms with van der Waals surface area (Å²) in [6.07, 6.45) is 10.5. The molecule has 7 N–H and O–H groups in total. The van der Waals surface area contributed by atoms with Crippen molar-refractivity contribution in [2.45, 2.75) is 65.8 Å². The average molecular weight is 480 g/mol. The number of amides is 1. The van der Waals surface area contributed by atoms with Crippen LogP contribution in [0.4, 0.5) is 0 Å². The van der Waals surface area contributed by atoms with Gasteiger partial charge in [0.15, 0.2) is 0 Å². The lowest BCUT2D eigenvalue weighted by Gasteiger charge is -2.29. The second kappa shape index (κ2) is 18.9. The van der Waals surface area contributed by atoms with Crippen molar-refractivity contribution in [3.8, 4) is 0 Å². The number of hydrogen-bond acceptors (Lipinski definition) is 6. The molecule has 0 aromatic heterocycles. The average Bonchev–Trinajstić information content (AvgIpc) is 2.76. The van der Waals surface area contributed by atoms with Crippen LogP contribution >= 0.6 is 0 Å². The van der Waals surface area contributed by atoms with Gasteiger partial charge in [0.25, 0.3) is 0 Å². The van der Waals surface area contributed by atoms with Gasteiger partial charge in [0.05, 0.1) is 12.5 Å². The van der Waals surface area contributed by atoms with Crippen molar-refractivity contribution < 1.29 is 19.8 Å². The molecule has 1 atom stereocenters. The van der Waals surface area contributed by atoms with Gasteiger partial charge in [-0.25, -0.2) is 0 Å². The minimum atomic E-state index is -1.03. The van der Waals surface area contributed by atoms with Crippen LogP contribution in [-0.2, 0) is 9.59 Å². The highest BCUT2D eigenvalue weighted by molar-refractivity contribution is 5.97. The van der Waals surface area contributed by atoms with Crippen molar-refractivity contribution in [2.75, 3.05) is 32.9 Å². The van der Waals surface area contributed by atoms with E-state index in [1.807, 2.05) is 45.9 Å². The second-order valence-electron chi connectivity index (χ2n) is 8.79. The highest BCUT2D eigenvalue weighted by Gasteiger charge is 2.26. The number of hydrogen-bond donors (Lipinski definition) is 6. The molecule has 34 heavy (non-hydrogen) atoms. The van der Waals surface area contributed by atoms with E-state index in [0.29, 0.717) is 31.8 Å². The number of unbranched alkanes of at least 4 members (excludes halogenated alkanes) is 1. The van der Waals surface area contributed by atoms with E-state index in [1.54, 1.807) is 11.0 Å². The third-order valence-corrected chi connectivity index (χ3v) is 5.01. The molecule has 9 heteroatoms. The molecule has 0 aliphatic carbocycles. The van der Waals surface area contributed by atoms with E-state index >= 15 is 0 Å². The lowest BCUT2D eigenvalue weighted by Crippen LogP contribution is -2.51. The van der Waals surface area contributed by atoms with Gasteiger partial charge in [-0.2, -0.15) is 0 Å². The summed E-state index contributed by atoms with van der Waals surface area (Å²) in [5, 5.41) is 32.2. The third kappa shape index (κ3) is 15.4. The molecule has 0 rings (SSSR count). The number of amidine groups is 1. The number of rotatable bonds is 19. The first-order valence-corrected chi connectivity index (χ1v) is 12.0. The fourth-order valence-corrected chi connectivity index (χ4v) is 3.30. The Kier molecular flexibility index (Phi) is 17.5. The maximum atomic E-state index is 12.9. The summed E-state index contributed by atoms with van der Waals surface area (Å²) in [5.41, 5.74) is 7.44. The van der Waals surface area contributed by atoms with E-state index in [9.17, 15) is 14.7 Å². The van der Waals surface area contributed by atoms with Crippen molar-refractivity contribution in [3.63, 3.8) is 0 Å². The Morgan fingerprint density at radius 1 is 1.18 bits per heavy atom. The molecule has 0 spiro atoms. The van der Waals surface area contributed by atoms with Gasteiger partial charge in [-0.05, 0) is 52.0 Å². The molecule has 0 heterocycles. The number of carbonyl (C=O) groups excluding carboxylic acids is 1. The minimum absolute atomic E-state index is 0.0148. The maximum absolute atomic E-state index is 12.9. The number of aliphatic hydroxyl groups is 1. The number of carboxylic acid groups (broad SMARTS) is 1. The molecule has 9 nitrogen and oxygen atoms in total. The summed E-state index contributed by atoms with van der Waals surface area (Å²) in [7, 11) is 0. The Bertz CT molecular complexity index is 716. The number of nitrogens with zero attached hydrogens (tertiary/aromatic N) is 1. The van der Waals surface area contributed by atoms with Crippen LogP contribution in [0, 0.1) is 11.3 Å². The molecule has 0 saturated carbocycles. The first kappa shape index (κ1) is 31.5. The SMILES string of the molecule is C\C=C/C(=C\C=C(/C)CCCCNCNC(CC(=O)O)C(=O)N(CCCO)CC(C)C)C(=N)N. The summed E-state index contributed by atoms with van der Waals surface area (Å²) in [5.74, 6) is -0.991. The van der Waals surface area contributed by atoms with Crippen molar-refractivity contribution in [3.05, 3.63) is 35.5 Å². The predicted octanol–water partition coefficient (Wildman–Crippen LogP) is 2.39. The first-order chi connectivity index (χ1) is 16.1. The van der Waals surface area contributed by atoms with E-state index in [-0.39, 0.29) is 30.7 Å². The highest BCUT2D eigenvalue weighted by Crippen LogP contribution is 2.08. The molecular formula is C25H45N5O4. The molecule has 0 aromatic carbocycles. The number of nitrogens with one attached hydrogen (secondary N) is 3. The van der Waals surface area contributed by atoms with Gasteiger partial charge in [0, 0.05) is 31.9 Å². The van der Waals surface area contributed by atoms with Crippen molar-refractivity contribution in [2.24, 2.45) is 11.7 Å². The number of aliphatic carboxylic acids is 1. The fourth-order valence-electron chi connectivity index (χ4n) is 3.30. The van der Waals surface area contributed by atoms with E-state index in [2.05, 4.69) is 10.6 Å². The van der Waals surface area contributed by atoms with Crippen LogP contribution in [0.25, 0.3) is 0 Å². The van der Waals surface area contributed by atoms with E-state index in [4.69, 9.17) is 16.2 Å². The normalized spacial score (nSPS) is 13.5. The standard InChI is InChI=1S/C25H45N5O4/c1-5-9-21(24(26)27)12-11-20(4)10-6-7-13-28-18-29-22(16-23(32)33)25(34)30(14-8-15-31)17-19(2)3/h5,9,11-12,19,22,28-29,31H,6-8,10,13-18H2,1-4H3,(H3,26,27)(H,32,33)/b9-5-,20-11+,21-12+. The molecule has 1 amide bonds. The van der Waals surface area contributed by atoms with Crippen LogP contribution in [0.15, 0.2) is 35.5 Å². The second-order valence-corrected chi connectivity index (χ2v) is 8.79. The lowest BCUT2D eigenvalue weighted by molar-refractivity contribution is -0.143.